The van der Waals surface area contributed by atoms with Crippen LogP contribution in [0.4, 0.5) is 5.82 Å². The van der Waals surface area contributed by atoms with Crippen LogP contribution in [0, 0.1) is 13.8 Å². The van der Waals surface area contributed by atoms with E-state index in [9.17, 15) is 14.4 Å². The molecule has 0 bridgehead atoms. The van der Waals surface area contributed by atoms with Gasteiger partial charge in [-0.05, 0) is 27.2 Å². The number of hydrogen-bond donors (Lipinski definition) is 2. The number of aromatic amines is 1. The second kappa shape index (κ2) is 7.07. The summed E-state index contributed by atoms with van der Waals surface area (Å²) in [5, 5.41) is 6.60. The van der Waals surface area contributed by atoms with Gasteiger partial charge < -0.3 is 10.1 Å². The van der Waals surface area contributed by atoms with Gasteiger partial charge in [-0.25, -0.2) is 9.78 Å². The van der Waals surface area contributed by atoms with Gasteiger partial charge in [-0.2, -0.15) is 9.78 Å². The molecule has 0 aromatic carbocycles. The van der Waals surface area contributed by atoms with Crippen molar-refractivity contribution in [2.24, 2.45) is 0 Å². The van der Waals surface area contributed by atoms with E-state index in [1.807, 2.05) is 6.92 Å². The largest absolute Gasteiger partial charge is 0.459 e. The van der Waals surface area contributed by atoms with Gasteiger partial charge in [0.1, 0.15) is 5.82 Å². The monoisotopic (exact) mass is 333 g/mol. The van der Waals surface area contributed by atoms with Crippen LogP contribution < -0.4 is 10.9 Å². The summed E-state index contributed by atoms with van der Waals surface area (Å²) in [5.41, 5.74) is 1.47. The maximum atomic E-state index is 12.1. The average Bonchev–Trinajstić information content (AvgIpc) is 2.87. The highest BCUT2D eigenvalue weighted by molar-refractivity contribution is 6.37. The van der Waals surface area contributed by atoms with Crippen molar-refractivity contribution in [3.8, 4) is 5.95 Å². The fourth-order valence-electron chi connectivity index (χ4n) is 2.23. The van der Waals surface area contributed by atoms with Gasteiger partial charge in [-0.15, -0.1) is 0 Å². The van der Waals surface area contributed by atoms with Crippen molar-refractivity contribution in [3.63, 3.8) is 0 Å². The first-order chi connectivity index (χ1) is 11.4. The molecule has 9 heteroatoms. The van der Waals surface area contributed by atoms with E-state index >= 15 is 0 Å². The van der Waals surface area contributed by atoms with E-state index in [0.717, 1.165) is 0 Å². The average molecular weight is 333 g/mol. The van der Waals surface area contributed by atoms with Crippen LogP contribution in [0.2, 0.25) is 0 Å². The molecule has 2 N–H and O–H groups in total. The number of aromatic nitrogens is 4. The standard InChI is InChI=1S/C15H19N5O4/c1-5-10-9(4)16-15(18-12(10)21)20-11(7-8(3)19-20)17-13(22)14(23)24-6-2/h7H,5-6H2,1-4H3,(H,17,22)(H,16,18,21). The van der Waals surface area contributed by atoms with Gasteiger partial charge in [0.2, 0.25) is 5.95 Å². The Kier molecular flexibility index (Phi) is 5.12. The van der Waals surface area contributed by atoms with Gasteiger partial charge in [0, 0.05) is 17.3 Å². The van der Waals surface area contributed by atoms with Crippen LogP contribution in [0.1, 0.15) is 30.8 Å². The molecule has 128 valence electrons. The maximum absolute atomic E-state index is 12.1. The summed E-state index contributed by atoms with van der Waals surface area (Å²) < 4.78 is 5.91. The van der Waals surface area contributed by atoms with Crippen molar-refractivity contribution in [2.45, 2.75) is 34.1 Å². The molecule has 2 heterocycles. The number of aryl methyl sites for hydroxylation is 2. The molecule has 0 aliphatic rings. The first-order valence-electron chi connectivity index (χ1n) is 7.52. The molecule has 0 aliphatic carbocycles. The molecule has 0 unspecified atom stereocenters. The van der Waals surface area contributed by atoms with Crippen LogP contribution in [0.3, 0.4) is 0 Å². The molecule has 0 spiro atoms. The van der Waals surface area contributed by atoms with Crippen LogP contribution in [-0.4, -0.2) is 38.2 Å². The molecule has 9 nitrogen and oxygen atoms in total. The van der Waals surface area contributed by atoms with Crippen molar-refractivity contribution in [1.82, 2.24) is 19.7 Å². The summed E-state index contributed by atoms with van der Waals surface area (Å²) in [4.78, 5) is 42.3. The summed E-state index contributed by atoms with van der Waals surface area (Å²) >= 11 is 0. The SMILES string of the molecule is CCOC(=O)C(=O)Nc1cc(C)nn1-c1nc(C)c(CC)c(=O)[nH]1. The van der Waals surface area contributed by atoms with E-state index in [1.54, 1.807) is 26.8 Å². The first kappa shape index (κ1) is 17.4. The molecule has 0 fully saturated rings. The Labute approximate surface area is 138 Å². The lowest BCUT2D eigenvalue weighted by Gasteiger charge is -2.09. The lowest BCUT2D eigenvalue weighted by atomic mass is 10.2. The van der Waals surface area contributed by atoms with Gasteiger partial charge in [0.25, 0.3) is 5.56 Å². The third-order valence-electron chi connectivity index (χ3n) is 3.30. The van der Waals surface area contributed by atoms with Crippen molar-refractivity contribution in [2.75, 3.05) is 11.9 Å². The van der Waals surface area contributed by atoms with Gasteiger partial charge >= 0.3 is 11.9 Å². The molecule has 0 atom stereocenters. The molecule has 0 aliphatic heterocycles. The number of nitrogens with zero attached hydrogens (tertiary/aromatic N) is 3. The minimum atomic E-state index is -0.998. The third-order valence-corrected chi connectivity index (χ3v) is 3.30. The maximum Gasteiger partial charge on any atom is 0.397 e. The van der Waals surface area contributed by atoms with Crippen molar-refractivity contribution < 1.29 is 14.3 Å². The molecular formula is C15H19N5O4. The third kappa shape index (κ3) is 3.50. The van der Waals surface area contributed by atoms with Gasteiger partial charge in [-0.3, -0.25) is 14.6 Å². The number of nitrogens with one attached hydrogen (secondary N) is 2. The number of anilines is 1. The number of carbonyl (C=O) groups is 2. The van der Waals surface area contributed by atoms with Crippen LogP contribution in [0.25, 0.3) is 5.95 Å². The fourth-order valence-corrected chi connectivity index (χ4v) is 2.23. The Morgan fingerprint density at radius 3 is 2.62 bits per heavy atom. The number of ether oxygens (including phenoxy) is 1. The number of amides is 1. The van der Waals surface area contributed by atoms with Crippen LogP contribution in [-0.2, 0) is 20.7 Å². The summed E-state index contributed by atoms with van der Waals surface area (Å²) in [6.45, 7) is 7.00. The molecule has 2 aromatic rings. The molecule has 0 saturated heterocycles. The Morgan fingerprint density at radius 2 is 2.04 bits per heavy atom. The van der Waals surface area contributed by atoms with Crippen LogP contribution in [0.5, 0.6) is 0 Å². The molecule has 0 saturated carbocycles. The summed E-state index contributed by atoms with van der Waals surface area (Å²) in [6.07, 6.45) is 0.555. The Bertz CT molecular complexity index is 837. The normalized spacial score (nSPS) is 10.5. The van der Waals surface area contributed by atoms with E-state index in [0.29, 0.717) is 23.4 Å². The Balaban J connectivity index is 2.41. The summed E-state index contributed by atoms with van der Waals surface area (Å²) in [5.74, 6) is -1.57. The van der Waals surface area contributed by atoms with Crippen LogP contribution >= 0.6 is 0 Å². The van der Waals surface area contributed by atoms with E-state index in [-0.39, 0.29) is 23.9 Å². The number of rotatable bonds is 4. The molecule has 2 aromatic heterocycles. The zero-order chi connectivity index (χ0) is 17.9. The number of carbonyl (C=O) groups excluding carboxylic acids is 2. The zero-order valence-electron chi connectivity index (χ0n) is 14.0. The van der Waals surface area contributed by atoms with E-state index in [1.165, 1.54) is 4.68 Å². The number of hydrogen-bond acceptors (Lipinski definition) is 6. The summed E-state index contributed by atoms with van der Waals surface area (Å²) in [6, 6.07) is 1.56. The zero-order valence-corrected chi connectivity index (χ0v) is 14.0. The second-order valence-corrected chi connectivity index (χ2v) is 5.06. The lowest BCUT2D eigenvalue weighted by Crippen LogP contribution is -2.27. The van der Waals surface area contributed by atoms with Crippen LogP contribution in [0.15, 0.2) is 10.9 Å². The highest BCUT2D eigenvalue weighted by Gasteiger charge is 2.19. The van der Waals surface area contributed by atoms with Crippen molar-refractivity contribution in [3.05, 3.63) is 33.4 Å². The molecular weight excluding hydrogens is 314 g/mol. The minimum absolute atomic E-state index is 0.0943. The predicted molar refractivity (Wildman–Crippen MR) is 86.1 cm³/mol. The van der Waals surface area contributed by atoms with E-state index in [2.05, 4.69) is 25.1 Å². The van der Waals surface area contributed by atoms with Crippen molar-refractivity contribution in [1.29, 1.82) is 0 Å². The number of esters is 1. The smallest absolute Gasteiger partial charge is 0.397 e. The molecule has 24 heavy (non-hydrogen) atoms. The van der Waals surface area contributed by atoms with Gasteiger partial charge in [-0.1, -0.05) is 6.92 Å². The lowest BCUT2D eigenvalue weighted by molar-refractivity contribution is -0.152. The van der Waals surface area contributed by atoms with E-state index in [4.69, 9.17) is 0 Å². The summed E-state index contributed by atoms with van der Waals surface area (Å²) in [7, 11) is 0. The Morgan fingerprint density at radius 1 is 1.33 bits per heavy atom. The quantitative estimate of drug-likeness (QED) is 0.626. The second-order valence-electron chi connectivity index (χ2n) is 5.06. The Hall–Kier alpha value is -2.97. The molecule has 1 amide bonds. The first-order valence-corrected chi connectivity index (χ1v) is 7.52. The molecule has 0 radical (unpaired) electrons. The minimum Gasteiger partial charge on any atom is -0.459 e. The predicted octanol–water partition coefficient (Wildman–Crippen LogP) is 0.636. The highest BCUT2D eigenvalue weighted by Crippen LogP contribution is 2.14. The molecule has 2 rings (SSSR count). The van der Waals surface area contributed by atoms with E-state index < -0.39 is 11.9 Å². The van der Waals surface area contributed by atoms with Gasteiger partial charge in [0.15, 0.2) is 0 Å². The van der Waals surface area contributed by atoms with Gasteiger partial charge in [0.05, 0.1) is 12.3 Å². The van der Waals surface area contributed by atoms with Crippen molar-refractivity contribution >= 4 is 17.7 Å². The fraction of sp³-hybridized carbons (Fsp3) is 0.400. The highest BCUT2D eigenvalue weighted by atomic mass is 16.5. The topological polar surface area (TPSA) is 119 Å². The number of H-pyrrole nitrogens is 1.